The standard InChI is InChI=1S/C18H19N3O/c19-18-20-16-9-8-15(22-12-14-4-2-1-3-5-14)10-17(16)21(18)11-13-6-7-13/h1-5,8-10,13H,6-7,11-12H2,(H2,19,20). The number of nitrogens with two attached hydrogens (primary N) is 1. The third-order valence-corrected chi connectivity index (χ3v) is 4.14. The number of ether oxygens (including phenoxy) is 1. The summed E-state index contributed by atoms with van der Waals surface area (Å²) in [5.41, 5.74) is 9.22. The van der Waals surface area contributed by atoms with Crippen LogP contribution in [0.2, 0.25) is 0 Å². The lowest BCUT2D eigenvalue weighted by atomic mass is 10.2. The van der Waals surface area contributed by atoms with Crippen molar-refractivity contribution in [2.75, 3.05) is 5.73 Å². The SMILES string of the molecule is Nc1nc2ccc(OCc3ccccc3)cc2n1CC1CC1. The minimum absolute atomic E-state index is 0.568. The Morgan fingerprint density at radius 1 is 1.14 bits per heavy atom. The van der Waals surface area contributed by atoms with Crippen LogP contribution in [0.15, 0.2) is 48.5 Å². The lowest BCUT2D eigenvalue weighted by Crippen LogP contribution is -2.04. The van der Waals surface area contributed by atoms with Crippen LogP contribution in [0, 0.1) is 5.92 Å². The summed E-state index contributed by atoms with van der Waals surface area (Å²) in [6, 6.07) is 16.2. The highest BCUT2D eigenvalue weighted by molar-refractivity contribution is 5.79. The van der Waals surface area contributed by atoms with Crippen molar-refractivity contribution in [1.82, 2.24) is 9.55 Å². The Bertz CT molecular complexity index is 791. The van der Waals surface area contributed by atoms with E-state index >= 15 is 0 Å². The average Bonchev–Trinajstić information content (AvgIpc) is 3.31. The van der Waals surface area contributed by atoms with Crippen molar-refractivity contribution in [1.29, 1.82) is 0 Å². The molecule has 22 heavy (non-hydrogen) atoms. The van der Waals surface area contributed by atoms with Gasteiger partial charge in [-0.15, -0.1) is 0 Å². The van der Waals surface area contributed by atoms with Gasteiger partial charge in [-0.1, -0.05) is 30.3 Å². The van der Waals surface area contributed by atoms with Crippen molar-refractivity contribution < 1.29 is 4.74 Å². The second kappa shape index (κ2) is 5.37. The summed E-state index contributed by atoms with van der Waals surface area (Å²) in [6.07, 6.45) is 2.59. The second-order valence-corrected chi connectivity index (χ2v) is 5.95. The van der Waals surface area contributed by atoms with Crippen molar-refractivity contribution in [2.24, 2.45) is 5.92 Å². The number of nitrogens with zero attached hydrogens (tertiary/aromatic N) is 2. The lowest BCUT2D eigenvalue weighted by molar-refractivity contribution is 0.306. The molecule has 0 aliphatic heterocycles. The number of aromatic nitrogens is 2. The predicted molar refractivity (Wildman–Crippen MR) is 87.6 cm³/mol. The Kier molecular flexibility index (Phi) is 3.22. The van der Waals surface area contributed by atoms with Gasteiger partial charge in [-0.3, -0.25) is 0 Å². The summed E-state index contributed by atoms with van der Waals surface area (Å²) >= 11 is 0. The summed E-state index contributed by atoms with van der Waals surface area (Å²) in [4.78, 5) is 4.44. The molecule has 1 heterocycles. The van der Waals surface area contributed by atoms with Gasteiger partial charge in [-0.05, 0) is 36.5 Å². The highest BCUT2D eigenvalue weighted by Gasteiger charge is 2.23. The molecule has 0 unspecified atom stereocenters. The molecule has 0 saturated heterocycles. The molecule has 3 aromatic rings. The van der Waals surface area contributed by atoms with E-state index in [0.717, 1.165) is 34.8 Å². The van der Waals surface area contributed by atoms with E-state index in [2.05, 4.69) is 21.7 Å². The number of hydrogen-bond donors (Lipinski definition) is 1. The maximum absolute atomic E-state index is 6.06. The first-order valence-corrected chi connectivity index (χ1v) is 7.72. The van der Waals surface area contributed by atoms with Crippen LogP contribution in [0.5, 0.6) is 5.75 Å². The third kappa shape index (κ3) is 2.64. The van der Waals surface area contributed by atoms with Crippen LogP contribution in [0.25, 0.3) is 11.0 Å². The zero-order valence-corrected chi connectivity index (χ0v) is 12.4. The van der Waals surface area contributed by atoms with E-state index < -0.39 is 0 Å². The molecule has 1 fully saturated rings. The van der Waals surface area contributed by atoms with E-state index in [-0.39, 0.29) is 0 Å². The second-order valence-electron chi connectivity index (χ2n) is 5.95. The van der Waals surface area contributed by atoms with Crippen LogP contribution < -0.4 is 10.5 Å². The van der Waals surface area contributed by atoms with Gasteiger partial charge < -0.3 is 15.0 Å². The van der Waals surface area contributed by atoms with Gasteiger partial charge in [-0.25, -0.2) is 4.98 Å². The zero-order valence-electron chi connectivity index (χ0n) is 12.4. The molecule has 0 amide bonds. The van der Waals surface area contributed by atoms with Crippen LogP contribution in [0.4, 0.5) is 5.95 Å². The number of fused-ring (bicyclic) bond motifs is 1. The van der Waals surface area contributed by atoms with Crippen LogP contribution >= 0.6 is 0 Å². The first kappa shape index (κ1) is 13.2. The molecule has 4 nitrogen and oxygen atoms in total. The Morgan fingerprint density at radius 3 is 2.73 bits per heavy atom. The highest BCUT2D eigenvalue weighted by Crippen LogP contribution is 2.33. The molecule has 2 aromatic carbocycles. The molecule has 0 atom stereocenters. The summed E-state index contributed by atoms with van der Waals surface area (Å²) in [5.74, 6) is 2.21. The molecule has 4 rings (SSSR count). The van der Waals surface area contributed by atoms with Crippen molar-refractivity contribution in [2.45, 2.75) is 26.0 Å². The molecule has 0 bridgehead atoms. The van der Waals surface area contributed by atoms with Gasteiger partial charge in [0.15, 0.2) is 0 Å². The summed E-state index contributed by atoms with van der Waals surface area (Å²) < 4.78 is 8.02. The van der Waals surface area contributed by atoms with E-state index in [0.29, 0.717) is 12.6 Å². The Hall–Kier alpha value is -2.49. The summed E-state index contributed by atoms with van der Waals surface area (Å²) in [6.45, 7) is 1.53. The van der Waals surface area contributed by atoms with Crippen molar-refractivity contribution in [3.8, 4) is 5.75 Å². The molecule has 1 aromatic heterocycles. The van der Waals surface area contributed by atoms with Crippen LogP contribution in [0.1, 0.15) is 18.4 Å². The average molecular weight is 293 g/mol. The highest BCUT2D eigenvalue weighted by atomic mass is 16.5. The largest absolute Gasteiger partial charge is 0.489 e. The minimum Gasteiger partial charge on any atom is -0.489 e. The van der Waals surface area contributed by atoms with Gasteiger partial charge in [0, 0.05) is 12.6 Å². The molecular formula is C18H19N3O. The predicted octanol–water partition coefficient (Wildman–Crippen LogP) is 3.61. The first-order chi connectivity index (χ1) is 10.8. The van der Waals surface area contributed by atoms with E-state index in [4.69, 9.17) is 10.5 Å². The maximum Gasteiger partial charge on any atom is 0.201 e. The lowest BCUT2D eigenvalue weighted by Gasteiger charge is -2.08. The first-order valence-electron chi connectivity index (χ1n) is 7.72. The fourth-order valence-corrected chi connectivity index (χ4v) is 2.70. The Labute approximate surface area is 129 Å². The number of rotatable bonds is 5. The molecule has 0 spiro atoms. The molecular weight excluding hydrogens is 274 g/mol. The van der Waals surface area contributed by atoms with Crippen LogP contribution in [-0.2, 0) is 13.2 Å². The molecule has 0 radical (unpaired) electrons. The van der Waals surface area contributed by atoms with Crippen molar-refractivity contribution >= 4 is 17.0 Å². The third-order valence-electron chi connectivity index (χ3n) is 4.14. The van der Waals surface area contributed by atoms with Gasteiger partial charge in [0.2, 0.25) is 5.95 Å². The van der Waals surface area contributed by atoms with Crippen LogP contribution in [-0.4, -0.2) is 9.55 Å². The molecule has 1 aliphatic carbocycles. The number of hydrogen-bond acceptors (Lipinski definition) is 3. The molecule has 1 saturated carbocycles. The van der Waals surface area contributed by atoms with Crippen molar-refractivity contribution in [3.63, 3.8) is 0 Å². The number of benzene rings is 2. The topological polar surface area (TPSA) is 53.1 Å². The number of nitrogen functional groups attached to an aromatic ring is 1. The molecule has 1 aliphatic rings. The van der Waals surface area contributed by atoms with Gasteiger partial charge in [0.25, 0.3) is 0 Å². The van der Waals surface area contributed by atoms with Gasteiger partial charge in [0.05, 0.1) is 11.0 Å². The Morgan fingerprint density at radius 2 is 1.95 bits per heavy atom. The fraction of sp³-hybridized carbons (Fsp3) is 0.278. The number of anilines is 1. The Balaban J connectivity index is 1.59. The van der Waals surface area contributed by atoms with E-state index in [1.807, 2.05) is 36.4 Å². The van der Waals surface area contributed by atoms with E-state index in [9.17, 15) is 0 Å². The monoisotopic (exact) mass is 293 g/mol. The number of imidazole rings is 1. The molecule has 2 N–H and O–H groups in total. The van der Waals surface area contributed by atoms with Crippen LogP contribution in [0.3, 0.4) is 0 Å². The summed E-state index contributed by atoms with van der Waals surface area (Å²) in [5, 5.41) is 0. The molecule has 112 valence electrons. The normalized spacial score (nSPS) is 14.4. The van der Waals surface area contributed by atoms with E-state index in [1.54, 1.807) is 0 Å². The summed E-state index contributed by atoms with van der Waals surface area (Å²) in [7, 11) is 0. The van der Waals surface area contributed by atoms with Crippen molar-refractivity contribution in [3.05, 3.63) is 54.1 Å². The zero-order chi connectivity index (χ0) is 14.9. The van der Waals surface area contributed by atoms with E-state index in [1.165, 1.54) is 12.8 Å². The smallest absolute Gasteiger partial charge is 0.201 e. The van der Waals surface area contributed by atoms with Gasteiger partial charge >= 0.3 is 0 Å². The molecule has 4 heteroatoms. The maximum atomic E-state index is 6.06. The quantitative estimate of drug-likeness (QED) is 0.782. The minimum atomic E-state index is 0.568. The fourth-order valence-electron chi connectivity index (χ4n) is 2.70. The van der Waals surface area contributed by atoms with Gasteiger partial charge in [0.1, 0.15) is 12.4 Å². The van der Waals surface area contributed by atoms with Gasteiger partial charge in [-0.2, -0.15) is 0 Å².